The van der Waals surface area contributed by atoms with Crippen LogP contribution < -0.4 is 5.32 Å². The van der Waals surface area contributed by atoms with Crippen LogP contribution in [0.4, 0.5) is 0 Å². The van der Waals surface area contributed by atoms with Gasteiger partial charge in [-0.1, -0.05) is 65.5 Å². The average Bonchev–Trinajstić information content (AvgIpc) is 3.33. The molecule has 0 spiro atoms. The van der Waals surface area contributed by atoms with Crippen molar-refractivity contribution in [3.8, 4) is 0 Å². The molecule has 2 heterocycles. The van der Waals surface area contributed by atoms with Crippen LogP contribution in [-0.2, 0) is 32.6 Å². The summed E-state index contributed by atoms with van der Waals surface area (Å²) in [6, 6.07) is 10.6. The minimum Gasteiger partial charge on any atom is -0.370 e. The van der Waals surface area contributed by atoms with Gasteiger partial charge in [0.1, 0.15) is 11.5 Å². The summed E-state index contributed by atoms with van der Waals surface area (Å²) in [6.45, 7) is 3.95. The highest BCUT2D eigenvalue weighted by Crippen LogP contribution is 2.37. The Hall–Kier alpha value is -1.39. The fourth-order valence-corrected chi connectivity index (χ4v) is 8.04. The molecule has 4 rings (SSSR count). The number of sulfonamides is 1. The largest absolute Gasteiger partial charge is 0.370 e. The van der Waals surface area contributed by atoms with E-state index in [0.717, 1.165) is 25.2 Å². The van der Waals surface area contributed by atoms with Crippen LogP contribution in [0.3, 0.4) is 0 Å². The number of carbonyl (C=O) groups excluding carboxylic acids is 1. The molecule has 2 aliphatic heterocycles. The molecular weight excluding hydrogens is 557 g/mol. The third kappa shape index (κ3) is 7.60. The number of carbonyl (C=O) groups is 1. The van der Waals surface area contributed by atoms with E-state index in [9.17, 15) is 13.2 Å². The van der Waals surface area contributed by atoms with E-state index in [0.29, 0.717) is 25.9 Å². The van der Waals surface area contributed by atoms with E-state index in [1.165, 1.54) is 41.3 Å². The van der Waals surface area contributed by atoms with Crippen LogP contribution in [0.5, 0.6) is 0 Å². The molecule has 0 aliphatic carbocycles. The zero-order chi connectivity index (χ0) is 26.4. The van der Waals surface area contributed by atoms with Crippen molar-refractivity contribution in [1.82, 2.24) is 14.5 Å². The number of ether oxygens (including phenoxy) is 1. The van der Waals surface area contributed by atoms with Gasteiger partial charge in [0.2, 0.25) is 15.9 Å². The molecule has 1 N–H and O–H groups in total. The molecule has 11 heteroatoms. The Bertz CT molecular complexity index is 1170. The third-order valence-corrected chi connectivity index (χ3v) is 9.86. The summed E-state index contributed by atoms with van der Waals surface area (Å²) in [5, 5.41) is 3.07. The van der Waals surface area contributed by atoms with E-state index < -0.39 is 16.1 Å². The number of nitrogens with one attached hydrogen (secondary N) is 1. The predicted molar refractivity (Wildman–Crippen MR) is 147 cm³/mol. The molecule has 37 heavy (non-hydrogen) atoms. The Kier molecular flexibility index (Phi) is 10.1. The van der Waals surface area contributed by atoms with Crippen LogP contribution in [0.1, 0.15) is 43.2 Å². The predicted octanol–water partition coefficient (Wildman–Crippen LogP) is 5.12. The fraction of sp³-hybridized carbons (Fsp3) is 0.500. The number of halogens is 3. The number of piperidine rings is 1. The maximum atomic E-state index is 13.3. The van der Waals surface area contributed by atoms with Crippen molar-refractivity contribution in [2.24, 2.45) is 0 Å². The third-order valence-electron chi connectivity index (χ3n) is 6.76. The van der Waals surface area contributed by atoms with Gasteiger partial charge in [-0.2, -0.15) is 4.31 Å². The van der Waals surface area contributed by atoms with Gasteiger partial charge in [-0.3, -0.25) is 9.69 Å². The number of likely N-dealkylation sites (tertiary alicyclic amines) is 1. The second-order valence-electron chi connectivity index (χ2n) is 9.56. The first-order valence-electron chi connectivity index (χ1n) is 12.5. The molecule has 2 fully saturated rings. The van der Waals surface area contributed by atoms with Crippen LogP contribution in [0.15, 0.2) is 41.3 Å². The molecule has 0 saturated carbocycles. The van der Waals surface area contributed by atoms with Crippen molar-refractivity contribution in [3.63, 3.8) is 0 Å². The number of benzene rings is 2. The van der Waals surface area contributed by atoms with Crippen molar-refractivity contribution in [1.29, 1.82) is 0 Å². The standard InChI is InChI=1S/C26H32Cl3N3O4S/c27-21-13-23(28)26(24(29)14-21)37(34,35)32-12-4-5-22(32)17-36-18-25(33)30-15-19-6-8-20(9-7-19)16-31-10-2-1-3-11-31/h6-9,13-14,22H,1-5,10-12,15-18H2,(H,30,33). The molecule has 0 aromatic heterocycles. The quantitative estimate of drug-likeness (QED) is 0.417. The Labute approximate surface area is 234 Å². The van der Waals surface area contributed by atoms with Gasteiger partial charge in [0.05, 0.1) is 16.7 Å². The van der Waals surface area contributed by atoms with Gasteiger partial charge < -0.3 is 10.1 Å². The van der Waals surface area contributed by atoms with E-state index in [2.05, 4.69) is 22.3 Å². The van der Waals surface area contributed by atoms with Crippen LogP contribution >= 0.6 is 34.8 Å². The van der Waals surface area contributed by atoms with Crippen molar-refractivity contribution in [2.45, 2.75) is 56.1 Å². The number of nitrogens with zero attached hydrogens (tertiary/aromatic N) is 2. The van der Waals surface area contributed by atoms with Gasteiger partial charge in [-0.25, -0.2) is 8.42 Å². The summed E-state index contributed by atoms with van der Waals surface area (Å²) in [6.07, 6.45) is 5.16. The Morgan fingerprint density at radius 2 is 1.59 bits per heavy atom. The van der Waals surface area contributed by atoms with Gasteiger partial charge >= 0.3 is 0 Å². The van der Waals surface area contributed by atoms with Crippen LogP contribution in [0, 0.1) is 0 Å². The molecule has 1 atom stereocenters. The first-order chi connectivity index (χ1) is 17.7. The van der Waals surface area contributed by atoms with Crippen molar-refractivity contribution >= 4 is 50.7 Å². The summed E-state index contributed by atoms with van der Waals surface area (Å²) in [5.74, 6) is -0.256. The molecule has 2 saturated heterocycles. The van der Waals surface area contributed by atoms with Gasteiger partial charge in [0, 0.05) is 30.7 Å². The number of hydrogen-bond acceptors (Lipinski definition) is 5. The molecule has 2 aromatic carbocycles. The SMILES string of the molecule is O=C(COCC1CCCN1S(=O)(=O)c1c(Cl)cc(Cl)cc1Cl)NCc1ccc(CN2CCCCC2)cc1. The molecule has 1 unspecified atom stereocenters. The molecule has 2 aromatic rings. The summed E-state index contributed by atoms with van der Waals surface area (Å²) >= 11 is 18.3. The topological polar surface area (TPSA) is 78.9 Å². The zero-order valence-electron chi connectivity index (χ0n) is 20.6. The number of hydrogen-bond donors (Lipinski definition) is 1. The highest BCUT2D eigenvalue weighted by atomic mass is 35.5. The first kappa shape index (κ1) is 28.6. The highest BCUT2D eigenvalue weighted by molar-refractivity contribution is 7.89. The van der Waals surface area contributed by atoms with E-state index in [4.69, 9.17) is 39.5 Å². The summed E-state index contributed by atoms with van der Waals surface area (Å²) in [5.41, 5.74) is 2.29. The summed E-state index contributed by atoms with van der Waals surface area (Å²) < 4.78 is 33.5. The fourth-order valence-electron chi connectivity index (χ4n) is 4.86. The Morgan fingerprint density at radius 3 is 2.27 bits per heavy atom. The molecule has 202 valence electrons. The lowest BCUT2D eigenvalue weighted by Crippen LogP contribution is -2.39. The minimum atomic E-state index is -3.95. The van der Waals surface area contributed by atoms with Crippen LogP contribution in [0.25, 0.3) is 0 Å². The zero-order valence-corrected chi connectivity index (χ0v) is 23.7. The lowest BCUT2D eigenvalue weighted by Gasteiger charge is -2.26. The number of amides is 1. The lowest BCUT2D eigenvalue weighted by atomic mass is 10.1. The van der Waals surface area contributed by atoms with E-state index in [-0.39, 0.29) is 39.1 Å². The van der Waals surface area contributed by atoms with Gasteiger partial charge in [-0.15, -0.1) is 0 Å². The Morgan fingerprint density at radius 1 is 0.946 bits per heavy atom. The smallest absolute Gasteiger partial charge is 0.246 e. The van der Waals surface area contributed by atoms with Gasteiger partial charge in [-0.05, 0) is 62.0 Å². The summed E-state index contributed by atoms with van der Waals surface area (Å²) in [4.78, 5) is 14.6. The minimum absolute atomic E-state index is 0.0250. The second-order valence-corrected chi connectivity index (χ2v) is 12.6. The first-order valence-corrected chi connectivity index (χ1v) is 15.1. The van der Waals surface area contributed by atoms with Crippen LogP contribution in [0.2, 0.25) is 15.1 Å². The molecular formula is C26H32Cl3N3O4S. The van der Waals surface area contributed by atoms with Crippen LogP contribution in [-0.4, -0.2) is 62.4 Å². The number of rotatable bonds is 10. The average molecular weight is 589 g/mol. The van der Waals surface area contributed by atoms with Gasteiger partial charge in [0.15, 0.2) is 0 Å². The van der Waals surface area contributed by atoms with E-state index in [1.54, 1.807) is 0 Å². The molecule has 7 nitrogen and oxygen atoms in total. The van der Waals surface area contributed by atoms with Crippen molar-refractivity contribution in [3.05, 3.63) is 62.6 Å². The van der Waals surface area contributed by atoms with E-state index in [1.807, 2.05) is 12.1 Å². The Balaban J connectivity index is 1.23. The lowest BCUT2D eigenvalue weighted by molar-refractivity contribution is -0.126. The highest BCUT2D eigenvalue weighted by Gasteiger charge is 2.38. The maximum Gasteiger partial charge on any atom is 0.246 e. The summed E-state index contributed by atoms with van der Waals surface area (Å²) in [7, 11) is -3.95. The molecule has 0 bridgehead atoms. The maximum absolute atomic E-state index is 13.3. The second kappa shape index (κ2) is 13.1. The van der Waals surface area contributed by atoms with Gasteiger partial charge in [0.25, 0.3) is 0 Å². The van der Waals surface area contributed by atoms with Crippen molar-refractivity contribution < 1.29 is 17.9 Å². The molecule has 0 radical (unpaired) electrons. The monoisotopic (exact) mass is 587 g/mol. The van der Waals surface area contributed by atoms with E-state index >= 15 is 0 Å². The van der Waals surface area contributed by atoms with Crippen molar-refractivity contribution in [2.75, 3.05) is 32.8 Å². The molecule has 1 amide bonds. The molecule has 2 aliphatic rings. The normalized spacial score (nSPS) is 19.3.